The zero-order valence-corrected chi connectivity index (χ0v) is 16.8. The van der Waals surface area contributed by atoms with Crippen molar-refractivity contribution < 1.29 is 40.1 Å². The summed E-state index contributed by atoms with van der Waals surface area (Å²) in [4.78, 5) is 0. The fourth-order valence-corrected chi connectivity index (χ4v) is 3.14. The average molecular weight is 410 g/mol. The van der Waals surface area contributed by atoms with Gasteiger partial charge in [0.25, 0.3) is 0 Å². The third kappa shape index (κ3) is 6.23. The van der Waals surface area contributed by atoms with Crippen molar-refractivity contribution in [2.75, 3.05) is 34.5 Å². The number of aliphatic hydroxyl groups excluding tert-OH is 4. The number of benzene rings is 2. The van der Waals surface area contributed by atoms with Gasteiger partial charge in [0.1, 0.15) is 0 Å². The molecule has 162 valence electrons. The third-order valence-electron chi connectivity index (χ3n) is 4.74. The molecule has 0 radical (unpaired) electrons. The van der Waals surface area contributed by atoms with Crippen molar-refractivity contribution in [2.45, 2.75) is 12.5 Å². The van der Waals surface area contributed by atoms with Crippen LogP contribution in [-0.4, -0.2) is 65.2 Å². The number of aromatic hydroxyl groups is 2. The Morgan fingerprint density at radius 1 is 0.828 bits per heavy atom. The van der Waals surface area contributed by atoms with E-state index in [1.54, 1.807) is 18.2 Å². The molecule has 0 aliphatic rings. The lowest BCUT2D eigenvalue weighted by Crippen LogP contribution is -2.29. The lowest BCUT2D eigenvalue weighted by molar-refractivity contribution is 0.0124. The maximum atomic E-state index is 10.7. The number of phenols is 2. The summed E-state index contributed by atoms with van der Waals surface area (Å²) >= 11 is 0. The van der Waals surface area contributed by atoms with Gasteiger partial charge in [-0.05, 0) is 47.7 Å². The number of aliphatic hydroxyl groups is 4. The van der Waals surface area contributed by atoms with Crippen molar-refractivity contribution in [3.05, 3.63) is 47.5 Å². The summed E-state index contributed by atoms with van der Waals surface area (Å²) in [5, 5.41) is 56.8. The molecule has 8 nitrogen and oxygen atoms in total. The molecule has 6 N–H and O–H groups in total. The Balaban J connectivity index is 0.00000204. The molecule has 29 heavy (non-hydrogen) atoms. The molecule has 3 atom stereocenters. The smallest absolute Gasteiger partial charge is 0.160 e. The van der Waals surface area contributed by atoms with Crippen LogP contribution in [0.15, 0.2) is 36.4 Å². The lowest BCUT2D eigenvalue weighted by atomic mass is 9.81. The van der Waals surface area contributed by atoms with Crippen molar-refractivity contribution in [1.29, 1.82) is 0 Å². The van der Waals surface area contributed by atoms with Crippen LogP contribution in [0.5, 0.6) is 23.0 Å². The van der Waals surface area contributed by atoms with E-state index in [-0.39, 0.29) is 30.5 Å². The zero-order chi connectivity index (χ0) is 22.0. The molecule has 0 saturated carbocycles. The van der Waals surface area contributed by atoms with Crippen LogP contribution in [0.2, 0.25) is 0 Å². The summed E-state index contributed by atoms with van der Waals surface area (Å²) in [5.74, 6) is -0.607. The quantitative estimate of drug-likeness (QED) is 0.363. The molecule has 0 amide bonds. The molecule has 0 spiro atoms. The molecule has 0 unspecified atom stereocenters. The molecule has 0 aliphatic carbocycles. The molecule has 0 saturated heterocycles. The predicted molar refractivity (Wildman–Crippen MR) is 107 cm³/mol. The summed E-state index contributed by atoms with van der Waals surface area (Å²) in [6.45, 7) is -0.592. The van der Waals surface area contributed by atoms with Gasteiger partial charge in [0, 0.05) is 26.2 Å². The Morgan fingerprint density at radius 2 is 1.38 bits per heavy atom. The van der Waals surface area contributed by atoms with Crippen molar-refractivity contribution in [2.24, 2.45) is 11.8 Å². The highest BCUT2D eigenvalue weighted by atomic mass is 16.5. The zero-order valence-electron chi connectivity index (χ0n) is 16.8. The van der Waals surface area contributed by atoms with E-state index >= 15 is 0 Å². The molecule has 0 bridgehead atoms. The van der Waals surface area contributed by atoms with E-state index in [0.29, 0.717) is 17.7 Å². The monoisotopic (exact) mass is 410 g/mol. The molecular formula is C21H30O8. The minimum Gasteiger partial charge on any atom is -0.504 e. The normalized spacial score (nSPS) is 13.6. The van der Waals surface area contributed by atoms with Gasteiger partial charge in [-0.3, -0.25) is 0 Å². The number of ether oxygens (including phenoxy) is 2. The van der Waals surface area contributed by atoms with Crippen LogP contribution in [0, 0.1) is 11.8 Å². The minimum atomic E-state index is -1.07. The molecule has 2 aromatic rings. The highest BCUT2D eigenvalue weighted by Crippen LogP contribution is 2.35. The lowest BCUT2D eigenvalue weighted by Gasteiger charge is -2.29. The van der Waals surface area contributed by atoms with Crippen LogP contribution >= 0.6 is 0 Å². The molecule has 0 aromatic heterocycles. The first-order chi connectivity index (χ1) is 13.9. The molecule has 0 fully saturated rings. The van der Waals surface area contributed by atoms with Crippen LogP contribution in [0.3, 0.4) is 0 Å². The standard InChI is InChI=1S/C20H26O7.CH4O/c1-26-18-8-12(3-5-16(18)23)7-14(10-21)15(11-22)20(25)13-4-6-17(24)19(9-13)27-2;1-2/h3-6,8-9,14-15,20-25H,7,10-11H2,1-2H3;2H,1H3/t14-,15-,20+;/m0./s1. The number of phenolic OH excluding ortho intramolecular Hbond substituents is 2. The van der Waals surface area contributed by atoms with Gasteiger partial charge in [-0.1, -0.05) is 12.1 Å². The van der Waals surface area contributed by atoms with Crippen molar-refractivity contribution in [3.63, 3.8) is 0 Å². The Hall–Kier alpha value is -2.52. The first-order valence-electron chi connectivity index (χ1n) is 9.02. The second-order valence-corrected chi connectivity index (χ2v) is 6.38. The molecule has 8 heteroatoms. The van der Waals surface area contributed by atoms with Crippen LogP contribution in [0.4, 0.5) is 0 Å². The SMILES string of the molecule is CO.COc1cc(C[C@@H](CO)[C@H](CO)[C@H](O)c2ccc(O)c(OC)c2)ccc1O. The van der Waals surface area contributed by atoms with Gasteiger partial charge in [-0.15, -0.1) is 0 Å². The molecule has 0 aliphatic heterocycles. The Kier molecular flexibility index (Phi) is 10.3. The summed E-state index contributed by atoms with van der Waals surface area (Å²) in [5.41, 5.74) is 1.25. The van der Waals surface area contributed by atoms with Crippen molar-refractivity contribution in [1.82, 2.24) is 0 Å². The Morgan fingerprint density at radius 3 is 1.90 bits per heavy atom. The molecule has 2 rings (SSSR count). The van der Waals surface area contributed by atoms with Crippen molar-refractivity contribution >= 4 is 0 Å². The van der Waals surface area contributed by atoms with Crippen LogP contribution in [0.25, 0.3) is 0 Å². The van der Waals surface area contributed by atoms with Gasteiger partial charge in [0.05, 0.1) is 20.3 Å². The highest BCUT2D eigenvalue weighted by molar-refractivity contribution is 5.43. The number of methoxy groups -OCH3 is 2. The first-order valence-corrected chi connectivity index (χ1v) is 9.02. The molecule has 0 heterocycles. The van der Waals surface area contributed by atoms with Gasteiger partial charge in [0.15, 0.2) is 23.0 Å². The molecule has 2 aromatic carbocycles. The summed E-state index contributed by atoms with van der Waals surface area (Å²) < 4.78 is 10.2. The van der Waals surface area contributed by atoms with E-state index in [1.165, 1.54) is 32.4 Å². The van der Waals surface area contributed by atoms with Crippen LogP contribution in [-0.2, 0) is 6.42 Å². The summed E-state index contributed by atoms with van der Waals surface area (Å²) in [7, 11) is 3.85. The fraction of sp³-hybridized carbons (Fsp3) is 0.429. The van der Waals surface area contributed by atoms with Gasteiger partial charge in [-0.25, -0.2) is 0 Å². The molecular weight excluding hydrogens is 380 g/mol. The number of hydrogen-bond donors (Lipinski definition) is 6. The van der Waals surface area contributed by atoms with E-state index in [1.807, 2.05) is 0 Å². The highest BCUT2D eigenvalue weighted by Gasteiger charge is 2.29. The van der Waals surface area contributed by atoms with Crippen LogP contribution < -0.4 is 9.47 Å². The maximum Gasteiger partial charge on any atom is 0.160 e. The van der Waals surface area contributed by atoms with Gasteiger partial charge >= 0.3 is 0 Å². The topological polar surface area (TPSA) is 140 Å². The number of hydrogen-bond acceptors (Lipinski definition) is 8. The van der Waals surface area contributed by atoms with Crippen molar-refractivity contribution in [3.8, 4) is 23.0 Å². The average Bonchev–Trinajstić information content (AvgIpc) is 2.76. The van der Waals surface area contributed by atoms with E-state index in [2.05, 4.69) is 0 Å². The third-order valence-corrected chi connectivity index (χ3v) is 4.74. The van der Waals surface area contributed by atoms with Gasteiger partial charge in [0.2, 0.25) is 0 Å². The second kappa shape index (κ2) is 12.1. The fourth-order valence-electron chi connectivity index (χ4n) is 3.14. The summed E-state index contributed by atoms with van der Waals surface area (Å²) in [6, 6.07) is 9.31. The van der Waals surface area contributed by atoms with Gasteiger partial charge < -0.3 is 40.1 Å². The maximum absolute atomic E-state index is 10.7. The largest absolute Gasteiger partial charge is 0.504 e. The van der Waals surface area contributed by atoms with E-state index < -0.39 is 17.9 Å². The predicted octanol–water partition coefficient (Wildman–Crippen LogP) is 1.22. The van der Waals surface area contributed by atoms with Crippen LogP contribution in [0.1, 0.15) is 17.2 Å². The summed E-state index contributed by atoms with van der Waals surface area (Å²) in [6.07, 6.45) is -0.703. The Labute approximate surface area is 170 Å². The minimum absolute atomic E-state index is 0.0109. The van der Waals surface area contributed by atoms with E-state index in [4.69, 9.17) is 14.6 Å². The van der Waals surface area contributed by atoms with E-state index in [9.17, 15) is 25.5 Å². The first kappa shape index (κ1) is 24.5. The number of rotatable bonds is 9. The second-order valence-electron chi connectivity index (χ2n) is 6.38. The Bertz CT molecular complexity index is 749. The van der Waals surface area contributed by atoms with E-state index in [0.717, 1.165) is 12.7 Å². The van der Waals surface area contributed by atoms with Gasteiger partial charge in [-0.2, -0.15) is 0 Å².